The highest BCUT2D eigenvalue weighted by Gasteiger charge is 2.33. The lowest BCUT2D eigenvalue weighted by Crippen LogP contribution is -2.56. The van der Waals surface area contributed by atoms with Crippen molar-refractivity contribution in [3.8, 4) is 5.75 Å². The van der Waals surface area contributed by atoms with Crippen LogP contribution in [0, 0.1) is 12.8 Å². The Morgan fingerprint density at radius 1 is 1.15 bits per heavy atom. The van der Waals surface area contributed by atoms with Gasteiger partial charge in [-0.15, -0.1) is 0 Å². The molecular formula is C22H37N3O2. The van der Waals surface area contributed by atoms with E-state index in [9.17, 15) is 5.11 Å². The number of ether oxygens (including phenoxy) is 1. The fourth-order valence-corrected chi connectivity index (χ4v) is 4.81. The Morgan fingerprint density at radius 2 is 1.93 bits per heavy atom. The zero-order valence-corrected chi connectivity index (χ0v) is 17.4. The molecule has 0 aliphatic carbocycles. The monoisotopic (exact) mass is 375 g/mol. The maximum atomic E-state index is 9.36. The van der Waals surface area contributed by atoms with Gasteiger partial charge in [-0.25, -0.2) is 0 Å². The number of hydrogen-bond donors (Lipinski definition) is 1. The van der Waals surface area contributed by atoms with Gasteiger partial charge in [0.1, 0.15) is 5.75 Å². The Labute approximate surface area is 164 Å². The summed E-state index contributed by atoms with van der Waals surface area (Å²) in [7, 11) is 3.96. The zero-order valence-electron chi connectivity index (χ0n) is 17.4. The predicted molar refractivity (Wildman–Crippen MR) is 110 cm³/mol. The van der Waals surface area contributed by atoms with Crippen molar-refractivity contribution in [2.24, 2.45) is 5.92 Å². The molecule has 2 heterocycles. The normalized spacial score (nSPS) is 25.6. The molecule has 0 aromatic heterocycles. The van der Waals surface area contributed by atoms with Crippen LogP contribution in [0.4, 0.5) is 0 Å². The first-order valence-electron chi connectivity index (χ1n) is 10.5. The molecule has 2 atom stereocenters. The van der Waals surface area contributed by atoms with E-state index in [0.29, 0.717) is 18.6 Å². The molecule has 2 saturated heterocycles. The molecule has 3 rings (SSSR count). The van der Waals surface area contributed by atoms with Crippen molar-refractivity contribution in [1.82, 2.24) is 14.7 Å². The van der Waals surface area contributed by atoms with Crippen LogP contribution in [0.15, 0.2) is 18.2 Å². The summed E-state index contributed by atoms with van der Waals surface area (Å²) in [4.78, 5) is 7.76. The van der Waals surface area contributed by atoms with Crippen LogP contribution in [0.5, 0.6) is 5.75 Å². The van der Waals surface area contributed by atoms with Gasteiger partial charge in [0, 0.05) is 51.9 Å². The highest BCUT2D eigenvalue weighted by atomic mass is 16.5. The number of nitrogens with zero attached hydrogens (tertiary/aromatic N) is 3. The maximum Gasteiger partial charge on any atom is 0.121 e. The second-order valence-corrected chi connectivity index (χ2v) is 8.36. The average molecular weight is 376 g/mol. The highest BCUT2D eigenvalue weighted by Crippen LogP contribution is 2.28. The summed E-state index contributed by atoms with van der Waals surface area (Å²) in [5.74, 6) is 1.63. The first-order chi connectivity index (χ1) is 13.1. The van der Waals surface area contributed by atoms with Crippen LogP contribution in [-0.2, 0) is 6.54 Å². The molecule has 1 aromatic carbocycles. The standard InChI is InChI=1S/C22H37N3O2/c1-18-15-19(6-7-22(18)27-3)16-24-9-8-21(20(17-24)5-4-14-26)25-12-10-23(2)11-13-25/h6-7,15,20-21,26H,4-5,8-14,16-17H2,1-3H3/t20-,21+/m1/s1. The third-order valence-corrected chi connectivity index (χ3v) is 6.38. The van der Waals surface area contributed by atoms with Crippen molar-refractivity contribution < 1.29 is 9.84 Å². The largest absolute Gasteiger partial charge is 0.496 e. The maximum absolute atomic E-state index is 9.36. The Bertz CT molecular complexity index is 587. The van der Waals surface area contributed by atoms with Gasteiger partial charge in [0.15, 0.2) is 0 Å². The lowest BCUT2D eigenvalue weighted by molar-refractivity contribution is 0.0212. The number of likely N-dealkylation sites (tertiary alicyclic amines) is 1. The Hall–Kier alpha value is -1.14. The topological polar surface area (TPSA) is 39.2 Å². The molecule has 0 saturated carbocycles. The molecule has 0 bridgehead atoms. The number of aryl methyl sites for hydroxylation is 1. The van der Waals surface area contributed by atoms with E-state index >= 15 is 0 Å². The van der Waals surface area contributed by atoms with Crippen molar-refractivity contribution in [3.63, 3.8) is 0 Å². The van der Waals surface area contributed by atoms with E-state index in [4.69, 9.17) is 4.74 Å². The number of likely N-dealkylation sites (N-methyl/N-ethyl adjacent to an activating group) is 1. The smallest absolute Gasteiger partial charge is 0.121 e. The molecule has 152 valence electrons. The van der Waals surface area contributed by atoms with Gasteiger partial charge < -0.3 is 14.7 Å². The number of aliphatic hydroxyl groups is 1. The molecule has 2 aliphatic rings. The SMILES string of the molecule is COc1ccc(CN2CC[C@H](N3CCN(C)CC3)[C@H](CCCO)C2)cc1C. The molecule has 5 nitrogen and oxygen atoms in total. The molecule has 0 amide bonds. The van der Waals surface area contributed by atoms with Gasteiger partial charge in [-0.2, -0.15) is 0 Å². The molecular weight excluding hydrogens is 338 g/mol. The van der Waals surface area contributed by atoms with Crippen molar-refractivity contribution in [2.45, 2.75) is 38.8 Å². The molecule has 1 N–H and O–H groups in total. The second-order valence-electron chi connectivity index (χ2n) is 8.36. The van der Waals surface area contributed by atoms with Crippen LogP contribution in [0.2, 0.25) is 0 Å². The van der Waals surface area contributed by atoms with Gasteiger partial charge >= 0.3 is 0 Å². The van der Waals surface area contributed by atoms with Crippen LogP contribution in [0.25, 0.3) is 0 Å². The van der Waals surface area contributed by atoms with Crippen molar-refractivity contribution in [3.05, 3.63) is 29.3 Å². The molecule has 2 fully saturated rings. The minimum absolute atomic E-state index is 0.309. The first-order valence-corrected chi connectivity index (χ1v) is 10.5. The lowest BCUT2D eigenvalue weighted by atomic mass is 9.86. The summed E-state index contributed by atoms with van der Waals surface area (Å²) in [6.07, 6.45) is 3.30. The second kappa shape index (κ2) is 9.87. The summed E-state index contributed by atoms with van der Waals surface area (Å²) in [6, 6.07) is 7.22. The van der Waals surface area contributed by atoms with Gasteiger partial charge in [-0.05, 0) is 62.9 Å². The van der Waals surface area contributed by atoms with E-state index in [1.807, 2.05) is 0 Å². The third kappa shape index (κ3) is 5.44. The predicted octanol–water partition coefficient (Wildman–Crippen LogP) is 2.21. The van der Waals surface area contributed by atoms with Crippen LogP contribution >= 0.6 is 0 Å². The summed E-state index contributed by atoms with van der Waals surface area (Å²) in [6.45, 7) is 10.5. The highest BCUT2D eigenvalue weighted by molar-refractivity contribution is 5.36. The van der Waals surface area contributed by atoms with Gasteiger partial charge in [0.05, 0.1) is 7.11 Å². The van der Waals surface area contributed by atoms with Gasteiger partial charge in [0.2, 0.25) is 0 Å². The van der Waals surface area contributed by atoms with Gasteiger partial charge in [0.25, 0.3) is 0 Å². The number of methoxy groups -OCH3 is 1. The lowest BCUT2D eigenvalue weighted by Gasteiger charge is -2.46. The number of benzene rings is 1. The van der Waals surface area contributed by atoms with Crippen LogP contribution in [-0.4, -0.2) is 85.9 Å². The fourth-order valence-electron chi connectivity index (χ4n) is 4.81. The molecule has 1 aromatic rings. The molecule has 0 radical (unpaired) electrons. The summed E-state index contributed by atoms with van der Waals surface area (Å²) < 4.78 is 5.39. The van der Waals surface area contributed by atoms with Crippen molar-refractivity contribution in [1.29, 1.82) is 0 Å². The molecule has 27 heavy (non-hydrogen) atoms. The number of hydrogen-bond acceptors (Lipinski definition) is 5. The van der Waals surface area contributed by atoms with E-state index in [0.717, 1.165) is 38.2 Å². The summed E-state index contributed by atoms with van der Waals surface area (Å²) in [5.41, 5.74) is 2.58. The number of rotatable bonds is 7. The van der Waals surface area contributed by atoms with Gasteiger partial charge in [-0.3, -0.25) is 9.80 Å². The van der Waals surface area contributed by atoms with Gasteiger partial charge in [-0.1, -0.05) is 12.1 Å². The Balaban J connectivity index is 1.62. The quantitative estimate of drug-likeness (QED) is 0.791. The average Bonchev–Trinajstić information content (AvgIpc) is 2.67. The number of aliphatic hydroxyl groups excluding tert-OH is 1. The molecule has 2 aliphatic heterocycles. The molecule has 0 spiro atoms. The van der Waals surface area contributed by atoms with Crippen LogP contribution in [0.1, 0.15) is 30.4 Å². The molecule has 5 heteroatoms. The van der Waals surface area contributed by atoms with E-state index in [2.05, 4.69) is 46.9 Å². The van der Waals surface area contributed by atoms with E-state index < -0.39 is 0 Å². The number of piperidine rings is 1. The van der Waals surface area contributed by atoms with Crippen molar-refractivity contribution in [2.75, 3.05) is 60.0 Å². The third-order valence-electron chi connectivity index (χ3n) is 6.38. The van der Waals surface area contributed by atoms with E-state index in [1.165, 1.54) is 43.7 Å². The van der Waals surface area contributed by atoms with E-state index in [-0.39, 0.29) is 0 Å². The minimum Gasteiger partial charge on any atom is -0.496 e. The number of piperazine rings is 1. The Kier molecular flexibility index (Phi) is 7.53. The summed E-state index contributed by atoms with van der Waals surface area (Å²) in [5, 5.41) is 9.36. The Morgan fingerprint density at radius 3 is 2.59 bits per heavy atom. The van der Waals surface area contributed by atoms with E-state index in [1.54, 1.807) is 7.11 Å². The fraction of sp³-hybridized carbons (Fsp3) is 0.727. The minimum atomic E-state index is 0.309. The van der Waals surface area contributed by atoms with Crippen LogP contribution in [0.3, 0.4) is 0 Å². The van der Waals surface area contributed by atoms with Crippen LogP contribution < -0.4 is 4.74 Å². The molecule has 0 unspecified atom stereocenters. The summed E-state index contributed by atoms with van der Waals surface area (Å²) >= 11 is 0. The first kappa shape index (κ1) is 20.6. The van der Waals surface area contributed by atoms with Crippen molar-refractivity contribution >= 4 is 0 Å². The zero-order chi connectivity index (χ0) is 19.2.